The maximum atomic E-state index is 14.0. The molecule has 0 aliphatic carbocycles. The smallest absolute Gasteiger partial charge is 0.422 e. The Hall–Kier alpha value is -0.350. The highest BCUT2D eigenvalue weighted by atomic mass is 32.6. The van der Waals surface area contributed by atoms with Gasteiger partial charge in [0.1, 0.15) is 5.60 Å². The van der Waals surface area contributed by atoms with Crippen molar-refractivity contribution in [3.05, 3.63) is 0 Å². The fraction of sp³-hybridized carbons (Fsp3) is 0.826. The highest BCUT2D eigenvalue weighted by molar-refractivity contribution is 8.43. The lowest BCUT2D eigenvalue weighted by molar-refractivity contribution is -0.135. The molecule has 6 unspecified atom stereocenters. The quantitative estimate of drug-likeness (QED) is 0.0942. The van der Waals surface area contributed by atoms with E-state index < -0.39 is 54.6 Å². The van der Waals surface area contributed by atoms with Crippen molar-refractivity contribution in [1.29, 1.82) is 0 Å². The van der Waals surface area contributed by atoms with Crippen molar-refractivity contribution in [3.8, 4) is 0 Å². The number of hydrazine groups is 1. The van der Waals surface area contributed by atoms with Crippen LogP contribution in [0.25, 0.3) is 0 Å². The van der Waals surface area contributed by atoms with Crippen LogP contribution in [0.3, 0.4) is 0 Å². The van der Waals surface area contributed by atoms with Crippen molar-refractivity contribution in [2.45, 2.75) is 93.3 Å². The topological polar surface area (TPSA) is 172 Å². The van der Waals surface area contributed by atoms with E-state index in [9.17, 15) is 24.3 Å². The minimum atomic E-state index is -1.38. The predicted octanol–water partition coefficient (Wildman–Crippen LogP) is 3.08. The van der Waals surface area contributed by atoms with Crippen molar-refractivity contribution in [3.63, 3.8) is 0 Å². The van der Waals surface area contributed by atoms with E-state index in [4.69, 9.17) is 10.5 Å². The minimum Gasteiger partial charge on any atom is -0.443 e. The molecule has 7 N–H and O–H groups in total. The number of amides is 2. The number of ether oxygens (including phenoxy) is 1. The molecule has 0 aliphatic heterocycles. The van der Waals surface area contributed by atoms with Gasteiger partial charge in [0.15, 0.2) is 0 Å². The molecule has 16 heteroatoms. The molecule has 39 heavy (non-hydrogen) atoms. The Balaban J connectivity index is 6.34. The van der Waals surface area contributed by atoms with Gasteiger partial charge in [-0.3, -0.25) is 14.4 Å². The fourth-order valence-electron chi connectivity index (χ4n) is 4.12. The summed E-state index contributed by atoms with van der Waals surface area (Å²) in [4.78, 5) is 55.6. The van der Waals surface area contributed by atoms with Gasteiger partial charge >= 0.3 is 6.09 Å². The van der Waals surface area contributed by atoms with E-state index in [1.54, 1.807) is 55.4 Å². The second-order valence-electron chi connectivity index (χ2n) is 11.6. The van der Waals surface area contributed by atoms with Gasteiger partial charge in [0.05, 0.1) is 12.8 Å². The van der Waals surface area contributed by atoms with Crippen LogP contribution < -0.4 is 26.0 Å². The van der Waals surface area contributed by atoms with E-state index in [1.165, 1.54) is 0 Å². The lowest BCUT2D eigenvalue weighted by atomic mass is 9.65. The number of nitrogens with one attached hydrogen (secondary N) is 4. The van der Waals surface area contributed by atoms with Crippen molar-refractivity contribution >= 4 is 66.7 Å². The van der Waals surface area contributed by atoms with Gasteiger partial charge in [0.25, 0.3) is 0 Å². The Morgan fingerprint density at radius 3 is 2.05 bits per heavy atom. The lowest BCUT2D eigenvalue weighted by Gasteiger charge is -2.41. The van der Waals surface area contributed by atoms with E-state index in [0.717, 1.165) is 7.04 Å². The first-order valence-electron chi connectivity index (χ1n) is 12.5. The summed E-state index contributed by atoms with van der Waals surface area (Å²) in [5, 5.41) is 12.0. The van der Waals surface area contributed by atoms with Crippen LogP contribution in [0, 0.1) is 16.2 Å². The Kier molecular flexibility index (Phi) is 16.2. The second kappa shape index (κ2) is 16.3. The molecule has 228 valence electrons. The number of hydrogen-bond donors (Lipinski definition) is 6. The lowest BCUT2D eigenvalue weighted by Crippen LogP contribution is -2.50. The van der Waals surface area contributed by atoms with Crippen molar-refractivity contribution < 1.29 is 29.0 Å². The van der Waals surface area contributed by atoms with Crippen LogP contribution in [0.2, 0.25) is 0 Å². The zero-order valence-corrected chi connectivity index (χ0v) is 29.2. The largest absolute Gasteiger partial charge is 0.443 e. The third-order valence-electron chi connectivity index (χ3n) is 5.88. The molecule has 0 bridgehead atoms. The molecular weight excluding hydrogens is 599 g/mol. The van der Waals surface area contributed by atoms with E-state index in [1.807, 2.05) is 6.92 Å². The molecule has 0 heterocycles. The molecule has 0 aromatic rings. The molecular formula is C23H48N5O6P3S2. The average molecular weight is 648 g/mol. The van der Waals surface area contributed by atoms with Gasteiger partial charge in [-0.15, -0.1) is 0 Å². The summed E-state index contributed by atoms with van der Waals surface area (Å²) in [6.07, 6.45) is -0.811. The van der Waals surface area contributed by atoms with E-state index in [-0.39, 0.29) is 42.2 Å². The van der Waals surface area contributed by atoms with Crippen LogP contribution in [0.15, 0.2) is 0 Å². The van der Waals surface area contributed by atoms with Crippen LogP contribution in [-0.4, -0.2) is 52.3 Å². The molecule has 0 fully saturated rings. The third kappa shape index (κ3) is 13.0. The molecule has 0 spiro atoms. The van der Waals surface area contributed by atoms with E-state index in [0.29, 0.717) is 6.42 Å². The second-order valence-corrected chi connectivity index (χ2v) is 19.1. The summed E-state index contributed by atoms with van der Waals surface area (Å²) in [6, 6.07) is 0. The number of nitrogens with two attached hydrogens (primary N) is 1. The first kappa shape index (κ1) is 38.6. The van der Waals surface area contributed by atoms with Gasteiger partial charge in [-0.05, 0) is 74.5 Å². The summed E-state index contributed by atoms with van der Waals surface area (Å²) in [5.74, 6) is -0.296. The molecule has 2 amide bonds. The van der Waals surface area contributed by atoms with Gasteiger partial charge < -0.3 is 20.9 Å². The third-order valence-corrected chi connectivity index (χ3v) is 12.9. The SMILES string of the molecule is CCC(C)(CC(C)(CC(C)(C)C(=O)S(NCN)=PP)C(=O)S(=P)NNC(=O)OC(C)(C)C)C(=O)NCC(C)O. The van der Waals surface area contributed by atoms with Crippen LogP contribution in [0.4, 0.5) is 4.79 Å². The maximum Gasteiger partial charge on any atom is 0.422 e. The summed E-state index contributed by atoms with van der Waals surface area (Å²) in [6.45, 7) is 15.9. The van der Waals surface area contributed by atoms with Crippen molar-refractivity contribution in [2.24, 2.45) is 22.0 Å². The molecule has 0 saturated carbocycles. The standard InChI is InChI=1S/C23H48N5O6P3S2/c1-10-22(8,16(30)25-11-15(2)29)13-23(9,12-21(6,7)17(31)39(37-35)26-14-24)18(32)38(36)28-27-19(33)34-20(3,4)5/h15,26,28-29,36H,10-14,24,35H2,1-9H3,(H,25,30)(H,27,33). The number of rotatable bonds is 14. The fourth-order valence-corrected chi connectivity index (χ4v) is 9.99. The maximum absolute atomic E-state index is 14.0. The summed E-state index contributed by atoms with van der Waals surface area (Å²) >= 11 is 0. The summed E-state index contributed by atoms with van der Waals surface area (Å²) < 4.78 is 8.23. The van der Waals surface area contributed by atoms with Crippen molar-refractivity contribution in [1.82, 2.24) is 20.3 Å². The Morgan fingerprint density at radius 1 is 1.05 bits per heavy atom. The normalized spacial score (nSPS) is 17.7. The molecule has 0 rings (SSSR count). The van der Waals surface area contributed by atoms with E-state index in [2.05, 4.69) is 37.2 Å². The number of hydrogen-bond acceptors (Lipinski definition) is 7. The number of carbonyl (C=O) groups excluding carboxylic acids is 4. The molecule has 0 aromatic carbocycles. The van der Waals surface area contributed by atoms with Gasteiger partial charge in [0.2, 0.25) is 16.1 Å². The van der Waals surface area contributed by atoms with Gasteiger partial charge in [0, 0.05) is 22.8 Å². The zero-order chi connectivity index (χ0) is 30.8. The first-order chi connectivity index (χ1) is 17.7. The van der Waals surface area contributed by atoms with Gasteiger partial charge in [-0.25, -0.2) is 14.9 Å². The Bertz CT molecular complexity index is 961. The van der Waals surface area contributed by atoms with E-state index >= 15 is 0 Å². The summed E-state index contributed by atoms with van der Waals surface area (Å²) in [7, 11) is 4.45. The van der Waals surface area contributed by atoms with Crippen LogP contribution in [-0.2, 0) is 39.6 Å². The first-order valence-corrected chi connectivity index (χ1v) is 19.3. The molecule has 0 radical (unpaired) electrons. The molecule has 6 atom stereocenters. The van der Waals surface area contributed by atoms with Crippen LogP contribution in [0.5, 0.6) is 0 Å². The molecule has 11 nitrogen and oxygen atoms in total. The Labute approximate surface area is 244 Å². The number of carbonyl (C=O) groups is 4. The predicted molar refractivity (Wildman–Crippen MR) is 169 cm³/mol. The van der Waals surface area contributed by atoms with Crippen molar-refractivity contribution in [2.75, 3.05) is 13.2 Å². The highest BCUT2D eigenvalue weighted by Gasteiger charge is 2.48. The van der Waals surface area contributed by atoms with Gasteiger partial charge in [-0.1, -0.05) is 51.6 Å². The summed E-state index contributed by atoms with van der Waals surface area (Å²) in [5.41, 5.74) is 4.17. The minimum absolute atomic E-state index is 0.0771. The average Bonchev–Trinajstić information content (AvgIpc) is 2.81. The van der Waals surface area contributed by atoms with Crippen LogP contribution >= 0.6 is 24.0 Å². The van der Waals surface area contributed by atoms with Gasteiger partial charge in [-0.2, -0.15) is 4.83 Å². The Morgan fingerprint density at radius 2 is 1.62 bits per heavy atom. The van der Waals surface area contributed by atoms with Crippen LogP contribution in [0.1, 0.15) is 81.6 Å². The highest BCUT2D eigenvalue weighted by Crippen LogP contribution is 2.46. The molecule has 0 aromatic heterocycles. The molecule has 0 saturated heterocycles. The zero-order valence-electron chi connectivity index (χ0n) is 24.5. The number of aliphatic hydroxyl groups excluding tert-OH is 1. The molecule has 0 aliphatic rings. The monoisotopic (exact) mass is 647 g/mol. The number of aliphatic hydroxyl groups is 1.